The van der Waals surface area contributed by atoms with Crippen LogP contribution in [0, 0.1) is 27.7 Å². The molecule has 3 N–H and O–H groups in total. The number of hydrogen-bond donors (Lipinski definition) is 2. The molecule has 3 heteroatoms. The van der Waals surface area contributed by atoms with Crippen LogP contribution in [0.4, 0.5) is 0 Å². The topological polar surface area (TPSA) is 55.1 Å². The second kappa shape index (κ2) is 5.12. The first-order valence-electron chi connectivity index (χ1n) is 5.53. The molecule has 0 bridgehead atoms. The lowest BCUT2D eigenvalue weighted by molar-refractivity contribution is -0.121. The molecule has 0 unspecified atom stereocenters. The van der Waals surface area contributed by atoms with Gasteiger partial charge in [-0.05, 0) is 61.9 Å². The van der Waals surface area contributed by atoms with Crippen molar-refractivity contribution in [3.8, 4) is 0 Å². The molecule has 1 rings (SSSR count). The molecule has 0 radical (unpaired) electrons. The number of carbonyl (C=O) groups is 1. The van der Waals surface area contributed by atoms with Crippen LogP contribution in [0.15, 0.2) is 6.07 Å². The molecule has 0 fully saturated rings. The first-order chi connectivity index (χ1) is 7.47. The van der Waals surface area contributed by atoms with Gasteiger partial charge in [0.15, 0.2) is 0 Å². The summed E-state index contributed by atoms with van der Waals surface area (Å²) in [5.74, 6) is 4.96. The molecule has 0 aromatic heterocycles. The Kier molecular flexibility index (Phi) is 4.07. The van der Waals surface area contributed by atoms with E-state index in [1.807, 2.05) is 0 Å². The molecule has 0 aliphatic carbocycles. The van der Waals surface area contributed by atoms with Crippen LogP contribution in [0.5, 0.6) is 0 Å². The highest BCUT2D eigenvalue weighted by Gasteiger charge is 2.09. The zero-order valence-electron chi connectivity index (χ0n) is 10.5. The summed E-state index contributed by atoms with van der Waals surface area (Å²) in [6, 6.07) is 2.19. The molecule has 0 spiro atoms. The fraction of sp³-hybridized carbons (Fsp3) is 0.462. The maximum absolute atomic E-state index is 11.1. The average molecular weight is 220 g/mol. The SMILES string of the molecule is Cc1cc(C)c(C)c(CCC(=O)NN)c1C. The van der Waals surface area contributed by atoms with E-state index in [1.54, 1.807) is 0 Å². The van der Waals surface area contributed by atoms with E-state index in [0.29, 0.717) is 6.42 Å². The Hall–Kier alpha value is -1.35. The van der Waals surface area contributed by atoms with Crippen LogP contribution >= 0.6 is 0 Å². The van der Waals surface area contributed by atoms with Gasteiger partial charge in [0.25, 0.3) is 0 Å². The summed E-state index contributed by atoms with van der Waals surface area (Å²) in [6.45, 7) is 8.43. The van der Waals surface area contributed by atoms with Gasteiger partial charge < -0.3 is 0 Å². The molecule has 88 valence electrons. The van der Waals surface area contributed by atoms with E-state index < -0.39 is 0 Å². The zero-order chi connectivity index (χ0) is 12.3. The van der Waals surface area contributed by atoms with Crippen LogP contribution in [0.25, 0.3) is 0 Å². The fourth-order valence-electron chi connectivity index (χ4n) is 1.98. The molecule has 0 saturated carbocycles. The maximum Gasteiger partial charge on any atom is 0.234 e. The summed E-state index contributed by atoms with van der Waals surface area (Å²) >= 11 is 0. The predicted octanol–water partition coefficient (Wildman–Crippen LogP) is 1.84. The van der Waals surface area contributed by atoms with Crippen molar-refractivity contribution in [3.05, 3.63) is 33.9 Å². The summed E-state index contributed by atoms with van der Waals surface area (Å²) in [5, 5.41) is 0. The summed E-state index contributed by atoms with van der Waals surface area (Å²) in [5.41, 5.74) is 8.58. The van der Waals surface area contributed by atoms with E-state index >= 15 is 0 Å². The first-order valence-corrected chi connectivity index (χ1v) is 5.53. The van der Waals surface area contributed by atoms with Gasteiger partial charge in [0.2, 0.25) is 5.91 Å². The molecule has 0 atom stereocenters. The Balaban J connectivity index is 2.99. The van der Waals surface area contributed by atoms with Crippen molar-refractivity contribution in [3.63, 3.8) is 0 Å². The van der Waals surface area contributed by atoms with E-state index in [1.165, 1.54) is 27.8 Å². The molecule has 3 nitrogen and oxygen atoms in total. The lowest BCUT2D eigenvalue weighted by Crippen LogP contribution is -2.30. The van der Waals surface area contributed by atoms with Crippen molar-refractivity contribution in [1.29, 1.82) is 0 Å². The van der Waals surface area contributed by atoms with Gasteiger partial charge in [0.1, 0.15) is 0 Å². The van der Waals surface area contributed by atoms with Gasteiger partial charge in [-0.3, -0.25) is 10.2 Å². The van der Waals surface area contributed by atoms with Crippen molar-refractivity contribution in [2.75, 3.05) is 0 Å². The van der Waals surface area contributed by atoms with Crippen molar-refractivity contribution < 1.29 is 4.79 Å². The van der Waals surface area contributed by atoms with Crippen LogP contribution in [-0.4, -0.2) is 5.91 Å². The summed E-state index contributed by atoms with van der Waals surface area (Å²) in [4.78, 5) is 11.1. The maximum atomic E-state index is 11.1. The van der Waals surface area contributed by atoms with E-state index in [4.69, 9.17) is 5.84 Å². The summed E-state index contributed by atoms with van der Waals surface area (Å²) in [7, 11) is 0. The predicted molar refractivity (Wildman–Crippen MR) is 66.0 cm³/mol. The van der Waals surface area contributed by atoms with Gasteiger partial charge >= 0.3 is 0 Å². The third kappa shape index (κ3) is 2.61. The van der Waals surface area contributed by atoms with Crippen LogP contribution in [-0.2, 0) is 11.2 Å². The van der Waals surface area contributed by atoms with E-state index in [9.17, 15) is 4.79 Å². The Morgan fingerprint density at radius 1 is 1.19 bits per heavy atom. The van der Waals surface area contributed by atoms with Crippen LogP contribution in [0.3, 0.4) is 0 Å². The van der Waals surface area contributed by atoms with Crippen molar-refractivity contribution in [1.82, 2.24) is 5.43 Å². The van der Waals surface area contributed by atoms with Gasteiger partial charge in [-0.15, -0.1) is 0 Å². The Morgan fingerprint density at radius 3 is 2.12 bits per heavy atom. The van der Waals surface area contributed by atoms with E-state index in [-0.39, 0.29) is 5.91 Å². The molecule has 0 saturated heterocycles. The lowest BCUT2D eigenvalue weighted by Gasteiger charge is -2.14. The van der Waals surface area contributed by atoms with Crippen LogP contribution in [0.2, 0.25) is 0 Å². The average Bonchev–Trinajstić information content (AvgIpc) is 2.26. The highest BCUT2D eigenvalue weighted by Crippen LogP contribution is 2.22. The second-order valence-corrected chi connectivity index (χ2v) is 4.31. The number of rotatable bonds is 3. The van der Waals surface area contributed by atoms with Gasteiger partial charge in [-0.25, -0.2) is 5.84 Å². The van der Waals surface area contributed by atoms with E-state index in [0.717, 1.165) is 6.42 Å². The Bertz CT molecular complexity index is 385. The normalized spacial score (nSPS) is 10.3. The number of carbonyl (C=O) groups excluding carboxylic acids is 1. The largest absolute Gasteiger partial charge is 0.294 e. The lowest BCUT2D eigenvalue weighted by atomic mass is 9.91. The Morgan fingerprint density at radius 2 is 1.69 bits per heavy atom. The molecule has 1 aromatic carbocycles. The number of benzene rings is 1. The highest BCUT2D eigenvalue weighted by molar-refractivity contribution is 5.75. The molecule has 16 heavy (non-hydrogen) atoms. The summed E-state index contributed by atoms with van der Waals surface area (Å²) in [6.07, 6.45) is 1.20. The number of nitrogens with two attached hydrogens (primary N) is 1. The highest BCUT2D eigenvalue weighted by atomic mass is 16.2. The minimum absolute atomic E-state index is 0.113. The molecular weight excluding hydrogens is 200 g/mol. The minimum Gasteiger partial charge on any atom is -0.294 e. The minimum atomic E-state index is -0.113. The molecule has 0 heterocycles. The third-order valence-electron chi connectivity index (χ3n) is 3.28. The fourth-order valence-corrected chi connectivity index (χ4v) is 1.98. The number of aryl methyl sites for hydroxylation is 2. The zero-order valence-corrected chi connectivity index (χ0v) is 10.5. The number of hydrazine groups is 1. The first kappa shape index (κ1) is 12.7. The molecule has 1 aromatic rings. The summed E-state index contributed by atoms with van der Waals surface area (Å²) < 4.78 is 0. The van der Waals surface area contributed by atoms with Gasteiger partial charge in [0, 0.05) is 6.42 Å². The van der Waals surface area contributed by atoms with E-state index in [2.05, 4.69) is 39.2 Å². The number of hydrogen-bond acceptors (Lipinski definition) is 2. The van der Waals surface area contributed by atoms with Crippen LogP contribution in [0.1, 0.15) is 34.2 Å². The van der Waals surface area contributed by atoms with Gasteiger partial charge in [-0.2, -0.15) is 0 Å². The van der Waals surface area contributed by atoms with Crippen molar-refractivity contribution in [2.45, 2.75) is 40.5 Å². The van der Waals surface area contributed by atoms with Crippen molar-refractivity contribution in [2.24, 2.45) is 5.84 Å². The monoisotopic (exact) mass is 220 g/mol. The molecular formula is C13H20N2O. The third-order valence-corrected chi connectivity index (χ3v) is 3.28. The second-order valence-electron chi connectivity index (χ2n) is 4.31. The molecule has 1 amide bonds. The molecule has 0 aliphatic heterocycles. The number of nitrogens with one attached hydrogen (secondary N) is 1. The molecule has 0 aliphatic rings. The van der Waals surface area contributed by atoms with Crippen LogP contribution < -0.4 is 11.3 Å². The standard InChI is InChI=1S/C13H20N2O/c1-8-7-9(2)11(4)12(10(8)3)5-6-13(16)15-14/h7H,5-6,14H2,1-4H3,(H,15,16). The van der Waals surface area contributed by atoms with Crippen molar-refractivity contribution >= 4 is 5.91 Å². The van der Waals surface area contributed by atoms with Gasteiger partial charge in [-0.1, -0.05) is 6.07 Å². The quantitative estimate of drug-likeness (QED) is 0.464. The number of amides is 1. The Labute approximate surface area is 97.0 Å². The smallest absolute Gasteiger partial charge is 0.234 e. The van der Waals surface area contributed by atoms with Gasteiger partial charge in [0.05, 0.1) is 0 Å².